The molecule has 0 atom stereocenters. The van der Waals surface area contributed by atoms with Crippen LogP contribution in [0.5, 0.6) is 5.75 Å². The normalized spacial score (nSPS) is 15.5. The van der Waals surface area contributed by atoms with E-state index >= 15 is 0 Å². The van der Waals surface area contributed by atoms with E-state index in [0.29, 0.717) is 19.7 Å². The second-order valence-corrected chi connectivity index (χ2v) is 6.17. The van der Waals surface area contributed by atoms with Gasteiger partial charge in [-0.25, -0.2) is 0 Å². The van der Waals surface area contributed by atoms with Gasteiger partial charge < -0.3 is 14.5 Å². The molecule has 0 saturated carbocycles. The van der Waals surface area contributed by atoms with Crippen molar-refractivity contribution in [1.82, 2.24) is 9.80 Å². The van der Waals surface area contributed by atoms with E-state index in [9.17, 15) is 9.59 Å². The third-order valence-corrected chi connectivity index (χ3v) is 4.21. The number of likely N-dealkylation sites (tertiary alicyclic amines) is 1. The van der Waals surface area contributed by atoms with Gasteiger partial charge in [-0.15, -0.1) is 0 Å². The number of rotatable bonds is 5. The fraction of sp³-hybridized carbons (Fsp3) is 0.474. The first kappa shape index (κ1) is 18.0. The minimum Gasteiger partial charge on any atom is -0.494 e. The smallest absolute Gasteiger partial charge is 0.246 e. The molecule has 5 nitrogen and oxygen atoms in total. The summed E-state index contributed by atoms with van der Waals surface area (Å²) in [5.74, 6) is 1.03. The van der Waals surface area contributed by atoms with Crippen LogP contribution in [0.25, 0.3) is 6.08 Å². The second kappa shape index (κ2) is 8.52. The van der Waals surface area contributed by atoms with E-state index < -0.39 is 0 Å². The first-order valence-electron chi connectivity index (χ1n) is 8.42. The molecule has 1 aromatic carbocycles. The minimum atomic E-state index is -0.000336. The fourth-order valence-corrected chi connectivity index (χ4v) is 2.83. The topological polar surface area (TPSA) is 49.9 Å². The number of hydrogen-bond donors (Lipinski definition) is 0. The maximum Gasteiger partial charge on any atom is 0.246 e. The lowest BCUT2D eigenvalue weighted by Crippen LogP contribution is -2.42. The second-order valence-electron chi connectivity index (χ2n) is 6.17. The fourth-order valence-electron chi connectivity index (χ4n) is 2.83. The zero-order chi connectivity index (χ0) is 17.5. The van der Waals surface area contributed by atoms with Gasteiger partial charge in [-0.1, -0.05) is 12.1 Å². The van der Waals surface area contributed by atoms with Crippen molar-refractivity contribution >= 4 is 17.9 Å². The summed E-state index contributed by atoms with van der Waals surface area (Å²) in [6.45, 7) is 3.86. The van der Waals surface area contributed by atoms with Gasteiger partial charge in [0.05, 0.1) is 6.61 Å². The van der Waals surface area contributed by atoms with Crippen molar-refractivity contribution in [2.75, 3.05) is 33.8 Å². The lowest BCUT2D eigenvalue weighted by Gasteiger charge is -2.31. The molecule has 5 heteroatoms. The lowest BCUT2D eigenvalue weighted by molar-refractivity contribution is -0.137. The molecule has 0 aliphatic carbocycles. The quantitative estimate of drug-likeness (QED) is 0.779. The Balaban J connectivity index is 1.85. The largest absolute Gasteiger partial charge is 0.494 e. The van der Waals surface area contributed by atoms with Gasteiger partial charge in [0.1, 0.15) is 5.75 Å². The number of hydrogen-bond acceptors (Lipinski definition) is 3. The summed E-state index contributed by atoms with van der Waals surface area (Å²) in [6, 6.07) is 7.64. The van der Waals surface area contributed by atoms with Crippen molar-refractivity contribution < 1.29 is 14.3 Å². The number of carbonyl (C=O) groups excluding carboxylic acids is 2. The number of amides is 2. The van der Waals surface area contributed by atoms with Gasteiger partial charge >= 0.3 is 0 Å². The predicted octanol–water partition coefficient (Wildman–Crippen LogP) is 2.43. The summed E-state index contributed by atoms with van der Waals surface area (Å²) < 4.78 is 5.40. The highest BCUT2D eigenvalue weighted by atomic mass is 16.5. The third-order valence-electron chi connectivity index (χ3n) is 4.21. The first-order chi connectivity index (χ1) is 11.5. The van der Waals surface area contributed by atoms with Gasteiger partial charge in [-0.3, -0.25) is 9.59 Å². The summed E-state index contributed by atoms with van der Waals surface area (Å²) in [4.78, 5) is 27.7. The van der Waals surface area contributed by atoms with E-state index in [-0.39, 0.29) is 17.7 Å². The standard InChI is InChI=1S/C19H26N2O3/c1-4-24-17-8-5-15(6-9-17)7-10-18(22)21-13-11-16(12-14-21)19(23)20(2)3/h5-10,16H,4,11-14H2,1-3H3/b10-7+. The monoisotopic (exact) mass is 330 g/mol. The number of carbonyl (C=O) groups is 2. The molecule has 0 radical (unpaired) electrons. The molecular weight excluding hydrogens is 304 g/mol. The Morgan fingerprint density at radius 1 is 1.21 bits per heavy atom. The summed E-state index contributed by atoms with van der Waals surface area (Å²) in [5, 5.41) is 0. The Morgan fingerprint density at radius 2 is 1.83 bits per heavy atom. The summed E-state index contributed by atoms with van der Waals surface area (Å²) in [5.41, 5.74) is 0.962. The molecule has 2 amide bonds. The van der Waals surface area contributed by atoms with Crippen LogP contribution in [0.4, 0.5) is 0 Å². The number of piperidine rings is 1. The highest BCUT2D eigenvalue weighted by molar-refractivity contribution is 5.92. The van der Waals surface area contributed by atoms with Crippen LogP contribution >= 0.6 is 0 Å². The zero-order valence-corrected chi connectivity index (χ0v) is 14.7. The average Bonchev–Trinajstić information content (AvgIpc) is 2.60. The molecule has 130 valence electrons. The van der Waals surface area contributed by atoms with Crippen molar-refractivity contribution in [3.05, 3.63) is 35.9 Å². The van der Waals surface area contributed by atoms with Gasteiger partial charge in [0.25, 0.3) is 0 Å². The lowest BCUT2D eigenvalue weighted by atomic mass is 9.95. The van der Waals surface area contributed by atoms with Crippen LogP contribution in [-0.2, 0) is 9.59 Å². The minimum absolute atomic E-state index is 0.000336. The van der Waals surface area contributed by atoms with Gasteiger partial charge in [-0.2, -0.15) is 0 Å². The highest BCUT2D eigenvalue weighted by Crippen LogP contribution is 2.19. The van der Waals surface area contributed by atoms with Crippen LogP contribution in [-0.4, -0.2) is 55.4 Å². The van der Waals surface area contributed by atoms with E-state index in [4.69, 9.17) is 4.74 Å². The van der Waals surface area contributed by atoms with Crippen molar-refractivity contribution in [3.63, 3.8) is 0 Å². The van der Waals surface area contributed by atoms with Crippen LogP contribution in [0.2, 0.25) is 0 Å². The molecule has 1 fully saturated rings. The Labute approximate surface area is 143 Å². The van der Waals surface area contributed by atoms with Crippen LogP contribution in [0.15, 0.2) is 30.3 Å². The Kier molecular flexibility index (Phi) is 6.41. The number of ether oxygens (including phenoxy) is 1. The molecule has 1 aromatic rings. The van der Waals surface area contributed by atoms with Crippen molar-refractivity contribution in [3.8, 4) is 5.75 Å². The molecule has 0 unspecified atom stereocenters. The maximum atomic E-state index is 12.3. The predicted molar refractivity (Wildman–Crippen MR) is 94.6 cm³/mol. The summed E-state index contributed by atoms with van der Waals surface area (Å²) in [6.07, 6.45) is 4.89. The summed E-state index contributed by atoms with van der Waals surface area (Å²) in [7, 11) is 3.55. The van der Waals surface area contributed by atoms with Crippen molar-refractivity contribution in [2.24, 2.45) is 5.92 Å². The number of nitrogens with zero attached hydrogens (tertiary/aromatic N) is 2. The van der Waals surface area contributed by atoms with E-state index in [1.807, 2.05) is 42.2 Å². The number of benzene rings is 1. The molecule has 0 N–H and O–H groups in total. The zero-order valence-electron chi connectivity index (χ0n) is 14.7. The van der Waals surface area contributed by atoms with Crippen LogP contribution in [0.3, 0.4) is 0 Å². The van der Waals surface area contributed by atoms with Gasteiger partial charge in [0, 0.05) is 39.2 Å². The van der Waals surface area contributed by atoms with Crippen molar-refractivity contribution in [2.45, 2.75) is 19.8 Å². The molecule has 0 spiro atoms. The SMILES string of the molecule is CCOc1ccc(/C=C/C(=O)N2CCC(C(=O)N(C)C)CC2)cc1. The average molecular weight is 330 g/mol. The van der Waals surface area contributed by atoms with E-state index in [1.54, 1.807) is 25.1 Å². The van der Waals surface area contributed by atoms with Crippen molar-refractivity contribution in [1.29, 1.82) is 0 Å². The van der Waals surface area contributed by atoms with Gasteiger partial charge in [0.2, 0.25) is 11.8 Å². The van der Waals surface area contributed by atoms with Crippen LogP contribution in [0, 0.1) is 5.92 Å². The molecule has 0 bridgehead atoms. The van der Waals surface area contributed by atoms with Gasteiger partial charge in [0.15, 0.2) is 0 Å². The third kappa shape index (κ3) is 4.85. The van der Waals surface area contributed by atoms with E-state index in [1.165, 1.54) is 0 Å². The molecule has 24 heavy (non-hydrogen) atoms. The molecular formula is C19H26N2O3. The van der Waals surface area contributed by atoms with Crippen LogP contribution in [0.1, 0.15) is 25.3 Å². The highest BCUT2D eigenvalue weighted by Gasteiger charge is 2.27. The van der Waals surface area contributed by atoms with Gasteiger partial charge in [-0.05, 0) is 43.5 Å². The molecule has 1 aliphatic rings. The molecule has 1 saturated heterocycles. The molecule has 0 aromatic heterocycles. The molecule has 2 rings (SSSR count). The Morgan fingerprint density at radius 3 is 2.38 bits per heavy atom. The van der Waals surface area contributed by atoms with Crippen LogP contribution < -0.4 is 4.74 Å². The van der Waals surface area contributed by atoms with E-state index in [2.05, 4.69) is 0 Å². The first-order valence-corrected chi connectivity index (χ1v) is 8.42. The summed E-state index contributed by atoms with van der Waals surface area (Å²) >= 11 is 0. The molecule has 1 heterocycles. The Hall–Kier alpha value is -2.30. The Bertz CT molecular complexity index is 585. The maximum absolute atomic E-state index is 12.3. The molecule has 1 aliphatic heterocycles. The van der Waals surface area contributed by atoms with E-state index in [0.717, 1.165) is 24.2 Å².